The molecule has 2 rings (SSSR count). The van der Waals surface area contributed by atoms with Gasteiger partial charge < -0.3 is 10.1 Å². The van der Waals surface area contributed by atoms with Crippen molar-refractivity contribution in [3.63, 3.8) is 0 Å². The van der Waals surface area contributed by atoms with Crippen LogP contribution < -0.4 is 5.32 Å². The second kappa shape index (κ2) is 6.31. The topological polar surface area (TPSA) is 56.9 Å². The number of aromatic nitrogens is 4. The first kappa shape index (κ1) is 14.2. The average Bonchev–Trinajstić information content (AvgIpc) is 2.97. The van der Waals surface area contributed by atoms with Crippen LogP contribution in [0.4, 0.5) is 0 Å². The molecule has 0 bridgehead atoms. The average molecular weight is 328 g/mol. The maximum absolute atomic E-state index is 5.12. The third-order valence-corrected chi connectivity index (χ3v) is 3.57. The number of hydrogen-bond donors (Lipinski definition) is 1. The molecule has 0 amide bonds. The summed E-state index contributed by atoms with van der Waals surface area (Å²) < 4.78 is 9.84. The molecule has 0 saturated heterocycles. The van der Waals surface area contributed by atoms with E-state index in [9.17, 15) is 0 Å². The molecule has 0 fully saturated rings. The van der Waals surface area contributed by atoms with Gasteiger partial charge in [-0.3, -0.25) is 9.36 Å². The summed E-state index contributed by atoms with van der Waals surface area (Å²) in [5.74, 6) is 0. The zero-order valence-corrected chi connectivity index (χ0v) is 12.9. The molecule has 104 valence electrons. The Kier molecular flexibility index (Phi) is 4.73. The Labute approximate surface area is 120 Å². The highest BCUT2D eigenvalue weighted by molar-refractivity contribution is 9.10. The summed E-state index contributed by atoms with van der Waals surface area (Å²) in [5, 5.41) is 11.9. The molecule has 1 N–H and O–H groups in total. The van der Waals surface area contributed by atoms with Gasteiger partial charge in [0.05, 0.1) is 41.8 Å². The maximum Gasteiger partial charge on any atom is 0.0788 e. The number of methoxy groups -OCH3 is 1. The Bertz CT molecular complexity index is 536. The van der Waals surface area contributed by atoms with E-state index in [-0.39, 0.29) is 6.04 Å². The van der Waals surface area contributed by atoms with Gasteiger partial charge in [0.15, 0.2) is 0 Å². The van der Waals surface area contributed by atoms with Crippen molar-refractivity contribution >= 4 is 15.9 Å². The fraction of sp³-hybridized carbons (Fsp3) is 0.500. The van der Waals surface area contributed by atoms with Crippen LogP contribution in [-0.4, -0.2) is 40.3 Å². The number of halogens is 1. The summed E-state index contributed by atoms with van der Waals surface area (Å²) in [7, 11) is 5.53. The molecule has 0 aliphatic rings. The second-order valence-corrected chi connectivity index (χ2v) is 5.12. The second-order valence-electron chi connectivity index (χ2n) is 4.26. The third-order valence-electron chi connectivity index (χ3n) is 2.96. The number of nitrogens with zero attached hydrogens (tertiary/aromatic N) is 4. The van der Waals surface area contributed by atoms with Gasteiger partial charge in [0, 0.05) is 25.9 Å². The van der Waals surface area contributed by atoms with Gasteiger partial charge in [0.2, 0.25) is 0 Å². The van der Waals surface area contributed by atoms with Crippen LogP contribution >= 0.6 is 15.9 Å². The van der Waals surface area contributed by atoms with Crippen LogP contribution in [0.15, 0.2) is 23.1 Å². The lowest BCUT2D eigenvalue weighted by Crippen LogP contribution is -2.22. The minimum atomic E-state index is 0.0439. The van der Waals surface area contributed by atoms with E-state index in [1.54, 1.807) is 11.8 Å². The number of nitrogens with one attached hydrogen (secondary N) is 1. The largest absolute Gasteiger partial charge is 0.383 e. The fourth-order valence-electron chi connectivity index (χ4n) is 2.07. The Morgan fingerprint density at radius 1 is 1.42 bits per heavy atom. The van der Waals surface area contributed by atoms with E-state index in [4.69, 9.17) is 4.74 Å². The van der Waals surface area contributed by atoms with E-state index < -0.39 is 0 Å². The van der Waals surface area contributed by atoms with Crippen LogP contribution in [0.2, 0.25) is 0 Å². The van der Waals surface area contributed by atoms with E-state index in [0.717, 1.165) is 22.3 Å². The van der Waals surface area contributed by atoms with Crippen LogP contribution in [0.1, 0.15) is 17.3 Å². The first-order chi connectivity index (χ1) is 9.17. The minimum absolute atomic E-state index is 0.0439. The van der Waals surface area contributed by atoms with Crippen molar-refractivity contribution in [2.45, 2.75) is 12.6 Å². The highest BCUT2D eigenvalue weighted by Gasteiger charge is 2.21. The zero-order valence-electron chi connectivity index (χ0n) is 11.3. The SMILES string of the molecule is CNC(c1cnn(C)c1)c1c(Br)cnn1CCOC. The van der Waals surface area contributed by atoms with Crippen molar-refractivity contribution in [3.05, 3.63) is 34.3 Å². The van der Waals surface area contributed by atoms with Crippen molar-refractivity contribution < 1.29 is 4.74 Å². The summed E-state index contributed by atoms with van der Waals surface area (Å²) in [6.07, 6.45) is 5.67. The number of rotatable bonds is 6. The Hall–Kier alpha value is -1.18. The number of ether oxygens (including phenoxy) is 1. The molecule has 0 aliphatic carbocycles. The molecule has 0 aromatic carbocycles. The van der Waals surface area contributed by atoms with E-state index in [1.165, 1.54) is 0 Å². The van der Waals surface area contributed by atoms with E-state index in [2.05, 4.69) is 31.4 Å². The van der Waals surface area contributed by atoms with Crippen LogP contribution in [-0.2, 0) is 18.3 Å². The molecular formula is C12H18BrN5O. The molecule has 2 aromatic heterocycles. The van der Waals surface area contributed by atoms with Crippen LogP contribution in [0.25, 0.3) is 0 Å². The summed E-state index contributed by atoms with van der Waals surface area (Å²) in [6.45, 7) is 1.35. The molecule has 0 radical (unpaired) electrons. The van der Waals surface area contributed by atoms with Crippen molar-refractivity contribution in [1.82, 2.24) is 24.9 Å². The first-order valence-corrected chi connectivity index (χ1v) is 6.82. The van der Waals surface area contributed by atoms with Gasteiger partial charge in [-0.15, -0.1) is 0 Å². The molecule has 1 atom stereocenters. The van der Waals surface area contributed by atoms with Gasteiger partial charge in [-0.2, -0.15) is 10.2 Å². The highest BCUT2D eigenvalue weighted by atomic mass is 79.9. The molecule has 1 unspecified atom stereocenters. The van der Waals surface area contributed by atoms with Crippen molar-refractivity contribution in [2.24, 2.45) is 7.05 Å². The summed E-state index contributed by atoms with van der Waals surface area (Å²) in [5.41, 5.74) is 2.18. The molecule has 0 saturated carbocycles. The summed E-state index contributed by atoms with van der Waals surface area (Å²) >= 11 is 3.56. The molecular weight excluding hydrogens is 310 g/mol. The highest BCUT2D eigenvalue weighted by Crippen LogP contribution is 2.28. The Morgan fingerprint density at radius 2 is 2.21 bits per heavy atom. The normalized spacial score (nSPS) is 12.8. The minimum Gasteiger partial charge on any atom is -0.383 e. The Balaban J connectivity index is 2.34. The van der Waals surface area contributed by atoms with E-state index in [0.29, 0.717) is 6.61 Å². The smallest absolute Gasteiger partial charge is 0.0788 e. The standard InChI is InChI=1S/C12H18BrN5O/c1-14-11(9-6-15-17(2)8-9)12-10(13)7-16-18(12)4-5-19-3/h6-8,11,14H,4-5H2,1-3H3. The van der Waals surface area contributed by atoms with Gasteiger partial charge >= 0.3 is 0 Å². The molecule has 0 aliphatic heterocycles. The van der Waals surface area contributed by atoms with E-state index >= 15 is 0 Å². The van der Waals surface area contributed by atoms with Gasteiger partial charge in [-0.1, -0.05) is 0 Å². The predicted octanol–water partition coefficient (Wildman–Crippen LogP) is 1.33. The summed E-state index contributed by atoms with van der Waals surface area (Å²) in [4.78, 5) is 0. The number of hydrogen-bond acceptors (Lipinski definition) is 4. The lowest BCUT2D eigenvalue weighted by Gasteiger charge is -2.17. The molecule has 0 spiro atoms. The maximum atomic E-state index is 5.12. The van der Waals surface area contributed by atoms with Gasteiger partial charge in [0.25, 0.3) is 0 Å². The Morgan fingerprint density at radius 3 is 2.79 bits per heavy atom. The lowest BCUT2D eigenvalue weighted by molar-refractivity contribution is 0.182. The van der Waals surface area contributed by atoms with E-state index in [1.807, 2.05) is 37.4 Å². The molecule has 2 aromatic rings. The van der Waals surface area contributed by atoms with Crippen LogP contribution in [0.3, 0.4) is 0 Å². The molecule has 6 nitrogen and oxygen atoms in total. The first-order valence-electron chi connectivity index (χ1n) is 6.03. The van der Waals surface area contributed by atoms with Crippen LogP contribution in [0, 0.1) is 0 Å². The van der Waals surface area contributed by atoms with Crippen molar-refractivity contribution in [2.75, 3.05) is 20.8 Å². The zero-order chi connectivity index (χ0) is 13.8. The molecule has 19 heavy (non-hydrogen) atoms. The van der Waals surface area contributed by atoms with Gasteiger partial charge in [-0.25, -0.2) is 0 Å². The fourth-order valence-corrected chi connectivity index (χ4v) is 2.59. The third kappa shape index (κ3) is 3.05. The van der Waals surface area contributed by atoms with Crippen molar-refractivity contribution in [3.8, 4) is 0 Å². The molecule has 2 heterocycles. The van der Waals surface area contributed by atoms with Crippen LogP contribution in [0.5, 0.6) is 0 Å². The quantitative estimate of drug-likeness (QED) is 0.869. The monoisotopic (exact) mass is 327 g/mol. The molecule has 7 heteroatoms. The predicted molar refractivity (Wildman–Crippen MR) is 75.9 cm³/mol. The summed E-state index contributed by atoms with van der Waals surface area (Å²) in [6, 6.07) is 0.0439. The lowest BCUT2D eigenvalue weighted by atomic mass is 10.1. The van der Waals surface area contributed by atoms with Gasteiger partial charge in [0.1, 0.15) is 0 Å². The van der Waals surface area contributed by atoms with Crippen molar-refractivity contribution in [1.29, 1.82) is 0 Å². The van der Waals surface area contributed by atoms with Gasteiger partial charge in [-0.05, 0) is 23.0 Å². The number of aryl methyl sites for hydroxylation is 1.